The summed E-state index contributed by atoms with van der Waals surface area (Å²) in [5.74, 6) is 3.19. The maximum absolute atomic E-state index is 10.9. The number of benzene rings is 1. The van der Waals surface area contributed by atoms with Gasteiger partial charge in [0.15, 0.2) is 0 Å². The minimum Gasteiger partial charge on any atom is -0.508 e. The van der Waals surface area contributed by atoms with E-state index >= 15 is 0 Å². The Balaban J connectivity index is 1.47. The van der Waals surface area contributed by atoms with Crippen molar-refractivity contribution >= 4 is 0 Å². The highest BCUT2D eigenvalue weighted by atomic mass is 16.3. The number of hydrogen-bond acceptors (Lipinski definition) is 2. The van der Waals surface area contributed by atoms with Crippen LogP contribution in [-0.2, 0) is 5.41 Å². The number of aliphatic hydroxyl groups excluding tert-OH is 1. The Morgan fingerprint density at radius 1 is 1.00 bits per heavy atom. The summed E-state index contributed by atoms with van der Waals surface area (Å²) < 4.78 is 0. The Morgan fingerprint density at radius 2 is 1.68 bits per heavy atom. The van der Waals surface area contributed by atoms with E-state index in [1.807, 2.05) is 12.1 Å². The smallest absolute Gasteiger partial charge is 0.115 e. The molecule has 3 unspecified atom stereocenters. The molecule has 0 aliphatic heterocycles. The molecule has 4 aliphatic rings. The van der Waals surface area contributed by atoms with Crippen LogP contribution < -0.4 is 0 Å². The molecule has 3 atom stereocenters. The lowest BCUT2D eigenvalue weighted by Crippen LogP contribution is -2.55. The molecule has 4 saturated carbocycles. The summed E-state index contributed by atoms with van der Waals surface area (Å²) in [5.41, 5.74) is 1.75. The molecule has 0 spiro atoms. The van der Waals surface area contributed by atoms with Gasteiger partial charge in [0.2, 0.25) is 0 Å². The molecule has 4 fully saturated rings. The number of unbranched alkanes of at least 4 members (excludes halogenated alkanes) is 3. The molecule has 1 aromatic rings. The summed E-state index contributed by atoms with van der Waals surface area (Å²) >= 11 is 0. The van der Waals surface area contributed by atoms with E-state index in [9.17, 15) is 10.2 Å². The van der Waals surface area contributed by atoms with Gasteiger partial charge in [-0.25, -0.2) is 0 Å². The number of phenolic OH excluding ortho intramolecular Hbond substituents is 1. The third-order valence-electron chi connectivity index (χ3n) is 7.62. The fourth-order valence-corrected chi connectivity index (χ4v) is 6.83. The zero-order valence-corrected chi connectivity index (χ0v) is 15.7. The van der Waals surface area contributed by atoms with Crippen LogP contribution in [0.5, 0.6) is 5.75 Å². The van der Waals surface area contributed by atoms with Crippen LogP contribution in [0.25, 0.3) is 0 Å². The summed E-state index contributed by atoms with van der Waals surface area (Å²) in [7, 11) is 0. The molecule has 0 aromatic heterocycles. The van der Waals surface area contributed by atoms with Crippen LogP contribution in [0.3, 0.4) is 0 Å². The molecular formula is C23H34O2. The van der Waals surface area contributed by atoms with E-state index in [2.05, 4.69) is 19.1 Å². The summed E-state index contributed by atoms with van der Waals surface area (Å²) in [6.45, 7) is 2.25. The Hall–Kier alpha value is -1.02. The van der Waals surface area contributed by atoms with E-state index in [0.29, 0.717) is 28.9 Å². The molecule has 0 saturated heterocycles. The average molecular weight is 343 g/mol. The van der Waals surface area contributed by atoms with Crippen molar-refractivity contribution in [2.24, 2.45) is 23.7 Å². The molecule has 1 aromatic carbocycles. The van der Waals surface area contributed by atoms with Crippen LogP contribution in [-0.4, -0.2) is 16.3 Å². The molecule has 0 amide bonds. The molecule has 4 aliphatic carbocycles. The van der Waals surface area contributed by atoms with Gasteiger partial charge in [0.25, 0.3) is 0 Å². The van der Waals surface area contributed by atoms with Crippen molar-refractivity contribution in [3.05, 3.63) is 29.8 Å². The van der Waals surface area contributed by atoms with Crippen LogP contribution in [0.4, 0.5) is 0 Å². The number of rotatable bonds is 7. The van der Waals surface area contributed by atoms with Crippen LogP contribution >= 0.6 is 0 Å². The van der Waals surface area contributed by atoms with Gasteiger partial charge in [-0.15, -0.1) is 0 Å². The molecule has 0 radical (unpaired) electrons. The second-order valence-electron chi connectivity index (χ2n) is 9.29. The van der Waals surface area contributed by atoms with Gasteiger partial charge in [-0.3, -0.25) is 0 Å². The van der Waals surface area contributed by atoms with Gasteiger partial charge < -0.3 is 10.2 Å². The van der Waals surface area contributed by atoms with Crippen LogP contribution in [0.15, 0.2) is 24.3 Å². The first-order valence-corrected chi connectivity index (χ1v) is 10.6. The van der Waals surface area contributed by atoms with Gasteiger partial charge in [0, 0.05) is 0 Å². The minimum absolute atomic E-state index is 0.0799. The fraction of sp³-hybridized carbons (Fsp3) is 0.739. The van der Waals surface area contributed by atoms with Gasteiger partial charge in [0.05, 0.1) is 6.10 Å². The zero-order chi connectivity index (χ0) is 17.4. The van der Waals surface area contributed by atoms with Crippen molar-refractivity contribution < 1.29 is 10.2 Å². The SMILES string of the molecule is CCCCCCC(O)C1C2CC3CC1CC(c1ccc(O)cc1)(C3)C2. The van der Waals surface area contributed by atoms with Crippen molar-refractivity contribution in [2.45, 2.75) is 82.7 Å². The molecule has 2 heteroatoms. The number of aliphatic hydroxyl groups is 1. The van der Waals surface area contributed by atoms with Gasteiger partial charge in [-0.05, 0) is 85.3 Å². The maximum Gasteiger partial charge on any atom is 0.115 e. The average Bonchev–Trinajstić information content (AvgIpc) is 2.58. The first kappa shape index (κ1) is 17.4. The van der Waals surface area contributed by atoms with Crippen molar-refractivity contribution in [1.29, 1.82) is 0 Å². The summed E-state index contributed by atoms with van der Waals surface area (Å²) in [6, 6.07) is 8.01. The van der Waals surface area contributed by atoms with Crippen LogP contribution in [0, 0.1) is 23.7 Å². The molecule has 25 heavy (non-hydrogen) atoms. The quantitative estimate of drug-likeness (QED) is 0.650. The van der Waals surface area contributed by atoms with Gasteiger partial charge >= 0.3 is 0 Å². The molecule has 2 nitrogen and oxygen atoms in total. The standard InChI is InChI=1S/C23H34O2/c1-2-3-4-5-6-21(25)22-17-11-16-12-18(22)15-23(13-16,14-17)19-7-9-20(24)10-8-19/h7-10,16-18,21-22,24-25H,2-6,11-15H2,1H3. The molecule has 2 N–H and O–H groups in total. The van der Waals surface area contributed by atoms with E-state index in [1.54, 1.807) is 0 Å². The topological polar surface area (TPSA) is 40.5 Å². The minimum atomic E-state index is -0.0799. The monoisotopic (exact) mass is 342 g/mol. The first-order valence-electron chi connectivity index (χ1n) is 10.6. The lowest BCUT2D eigenvalue weighted by molar-refractivity contribution is -0.104. The third-order valence-corrected chi connectivity index (χ3v) is 7.62. The van der Waals surface area contributed by atoms with E-state index in [-0.39, 0.29) is 6.10 Å². The first-order chi connectivity index (χ1) is 12.1. The molecule has 5 rings (SSSR count). The normalized spacial score (nSPS) is 37.4. The zero-order valence-electron chi connectivity index (χ0n) is 15.7. The van der Waals surface area contributed by atoms with E-state index in [1.165, 1.54) is 63.4 Å². The van der Waals surface area contributed by atoms with Gasteiger partial charge in [0.1, 0.15) is 5.75 Å². The summed E-state index contributed by atoms with van der Waals surface area (Å²) in [5, 5.41) is 20.6. The number of phenols is 1. The maximum atomic E-state index is 10.9. The molecule has 0 heterocycles. The lowest BCUT2D eigenvalue weighted by atomic mass is 9.44. The Kier molecular flexibility index (Phi) is 4.83. The second kappa shape index (κ2) is 6.95. The third kappa shape index (κ3) is 3.23. The van der Waals surface area contributed by atoms with Crippen LogP contribution in [0.2, 0.25) is 0 Å². The summed E-state index contributed by atoms with van der Waals surface area (Å²) in [4.78, 5) is 0. The van der Waals surface area contributed by atoms with Gasteiger partial charge in [-0.1, -0.05) is 44.7 Å². The summed E-state index contributed by atoms with van der Waals surface area (Å²) in [6.07, 6.45) is 12.5. The van der Waals surface area contributed by atoms with E-state index in [0.717, 1.165) is 12.3 Å². The Bertz CT molecular complexity index is 562. The fourth-order valence-electron chi connectivity index (χ4n) is 6.83. The molecular weight excluding hydrogens is 308 g/mol. The number of hydrogen-bond donors (Lipinski definition) is 2. The predicted molar refractivity (Wildman–Crippen MR) is 102 cm³/mol. The number of aromatic hydroxyl groups is 1. The van der Waals surface area contributed by atoms with Crippen molar-refractivity contribution in [2.75, 3.05) is 0 Å². The van der Waals surface area contributed by atoms with E-state index < -0.39 is 0 Å². The highest BCUT2D eigenvalue weighted by molar-refractivity contribution is 5.34. The largest absolute Gasteiger partial charge is 0.508 e. The van der Waals surface area contributed by atoms with Gasteiger partial charge in [-0.2, -0.15) is 0 Å². The molecule has 4 bridgehead atoms. The van der Waals surface area contributed by atoms with Crippen molar-refractivity contribution in [1.82, 2.24) is 0 Å². The Morgan fingerprint density at radius 3 is 2.32 bits per heavy atom. The molecule has 138 valence electrons. The van der Waals surface area contributed by atoms with Crippen molar-refractivity contribution in [3.63, 3.8) is 0 Å². The lowest BCUT2D eigenvalue weighted by Gasteiger charge is -2.61. The Labute approximate surface area is 152 Å². The van der Waals surface area contributed by atoms with Crippen LogP contribution in [0.1, 0.15) is 76.7 Å². The van der Waals surface area contributed by atoms with E-state index in [4.69, 9.17) is 0 Å². The predicted octanol–water partition coefficient (Wildman–Crippen LogP) is 5.42. The second-order valence-corrected chi connectivity index (χ2v) is 9.29. The van der Waals surface area contributed by atoms with Crippen molar-refractivity contribution in [3.8, 4) is 5.75 Å². The highest BCUT2D eigenvalue weighted by Gasteiger charge is 2.56. The highest BCUT2D eigenvalue weighted by Crippen LogP contribution is 2.63.